The van der Waals surface area contributed by atoms with E-state index in [0.717, 1.165) is 12.1 Å². The molecule has 0 amide bonds. The zero-order valence-electron chi connectivity index (χ0n) is 9.89. The first-order valence-corrected chi connectivity index (χ1v) is 6.21. The molecule has 1 nitrogen and oxygen atoms in total. The van der Waals surface area contributed by atoms with Crippen LogP contribution in [0.1, 0.15) is 44.7 Å². The summed E-state index contributed by atoms with van der Waals surface area (Å²) >= 11 is 5.98. The quantitative estimate of drug-likeness (QED) is 0.734. The van der Waals surface area contributed by atoms with Gasteiger partial charge in [0.1, 0.15) is 5.82 Å². The van der Waals surface area contributed by atoms with E-state index in [0.29, 0.717) is 5.02 Å². The van der Waals surface area contributed by atoms with Crippen molar-refractivity contribution >= 4 is 11.6 Å². The third-order valence-electron chi connectivity index (χ3n) is 2.66. The van der Waals surface area contributed by atoms with Gasteiger partial charge in [0.25, 0.3) is 0 Å². The number of hydrogen-bond donors (Lipinski definition) is 1. The van der Waals surface area contributed by atoms with E-state index in [2.05, 4.69) is 12.2 Å². The van der Waals surface area contributed by atoms with Crippen molar-refractivity contribution in [3.05, 3.63) is 34.6 Å². The molecule has 0 aliphatic rings. The van der Waals surface area contributed by atoms with Crippen molar-refractivity contribution in [2.75, 3.05) is 6.54 Å². The largest absolute Gasteiger partial charge is 0.310 e. The van der Waals surface area contributed by atoms with Crippen LogP contribution in [0.2, 0.25) is 5.02 Å². The molecule has 90 valence electrons. The Kier molecular flexibility index (Phi) is 5.78. The molecule has 3 heteroatoms. The van der Waals surface area contributed by atoms with Crippen molar-refractivity contribution in [1.82, 2.24) is 5.32 Å². The van der Waals surface area contributed by atoms with E-state index >= 15 is 0 Å². The van der Waals surface area contributed by atoms with E-state index in [1.54, 1.807) is 6.07 Å². The van der Waals surface area contributed by atoms with E-state index in [1.807, 2.05) is 6.92 Å². The van der Waals surface area contributed by atoms with Gasteiger partial charge in [0.2, 0.25) is 0 Å². The Hall–Kier alpha value is -0.600. The van der Waals surface area contributed by atoms with Gasteiger partial charge in [-0.3, -0.25) is 0 Å². The van der Waals surface area contributed by atoms with E-state index in [4.69, 9.17) is 11.6 Å². The molecule has 0 heterocycles. The molecule has 0 radical (unpaired) electrons. The van der Waals surface area contributed by atoms with Gasteiger partial charge in [-0.1, -0.05) is 37.4 Å². The van der Waals surface area contributed by atoms with Crippen molar-refractivity contribution < 1.29 is 4.39 Å². The standard InChI is InChI=1S/C13H19ClFN/c1-3-4-5-8-16-10(2)12-7-6-11(15)9-13(12)14/h6-7,9-10,16H,3-5,8H2,1-2H3. The number of rotatable bonds is 6. The van der Waals surface area contributed by atoms with Gasteiger partial charge in [-0.2, -0.15) is 0 Å². The average Bonchev–Trinajstić information content (AvgIpc) is 2.24. The maximum absolute atomic E-state index is 12.9. The highest BCUT2D eigenvalue weighted by Crippen LogP contribution is 2.23. The topological polar surface area (TPSA) is 12.0 Å². The van der Waals surface area contributed by atoms with Crippen LogP contribution >= 0.6 is 11.6 Å². The Morgan fingerprint density at radius 1 is 1.38 bits per heavy atom. The SMILES string of the molecule is CCCCCNC(C)c1ccc(F)cc1Cl. The molecule has 1 atom stereocenters. The first-order valence-electron chi connectivity index (χ1n) is 5.83. The van der Waals surface area contributed by atoms with E-state index in [9.17, 15) is 4.39 Å². The highest BCUT2D eigenvalue weighted by atomic mass is 35.5. The molecule has 0 fully saturated rings. The fourth-order valence-corrected chi connectivity index (χ4v) is 1.99. The Balaban J connectivity index is 2.49. The van der Waals surface area contributed by atoms with Crippen LogP contribution in [0.25, 0.3) is 0 Å². The minimum atomic E-state index is -0.285. The second-order valence-corrected chi connectivity index (χ2v) is 4.46. The summed E-state index contributed by atoms with van der Waals surface area (Å²) in [4.78, 5) is 0. The van der Waals surface area contributed by atoms with Crippen molar-refractivity contribution in [3.63, 3.8) is 0 Å². The second-order valence-electron chi connectivity index (χ2n) is 4.05. The molecule has 0 aliphatic carbocycles. The molecular weight excluding hydrogens is 225 g/mol. The maximum Gasteiger partial charge on any atom is 0.124 e. The summed E-state index contributed by atoms with van der Waals surface area (Å²) in [6.07, 6.45) is 3.61. The Bertz CT molecular complexity index is 328. The molecule has 1 aromatic carbocycles. The molecule has 0 saturated heterocycles. The predicted molar refractivity (Wildman–Crippen MR) is 67.4 cm³/mol. The third kappa shape index (κ3) is 4.11. The van der Waals surface area contributed by atoms with E-state index < -0.39 is 0 Å². The molecule has 0 aromatic heterocycles. The lowest BCUT2D eigenvalue weighted by Crippen LogP contribution is -2.20. The van der Waals surface area contributed by atoms with Gasteiger partial charge >= 0.3 is 0 Å². The molecule has 1 N–H and O–H groups in total. The monoisotopic (exact) mass is 243 g/mol. The minimum Gasteiger partial charge on any atom is -0.310 e. The number of halogens is 2. The van der Waals surface area contributed by atoms with Crippen molar-refractivity contribution in [3.8, 4) is 0 Å². The normalized spacial score (nSPS) is 12.8. The smallest absolute Gasteiger partial charge is 0.124 e. The van der Waals surface area contributed by atoms with Crippen LogP contribution < -0.4 is 5.32 Å². The molecule has 0 bridgehead atoms. The number of nitrogens with one attached hydrogen (secondary N) is 1. The van der Waals surface area contributed by atoms with Crippen LogP contribution in [-0.4, -0.2) is 6.54 Å². The fraction of sp³-hybridized carbons (Fsp3) is 0.538. The Morgan fingerprint density at radius 2 is 2.12 bits per heavy atom. The van der Waals surface area contributed by atoms with Crippen LogP contribution in [0.4, 0.5) is 4.39 Å². The number of unbranched alkanes of at least 4 members (excludes halogenated alkanes) is 2. The van der Waals surface area contributed by atoms with Crippen molar-refractivity contribution in [1.29, 1.82) is 0 Å². The third-order valence-corrected chi connectivity index (χ3v) is 2.99. The molecule has 1 unspecified atom stereocenters. The van der Waals surface area contributed by atoms with Crippen molar-refractivity contribution in [2.24, 2.45) is 0 Å². The summed E-state index contributed by atoms with van der Waals surface area (Å²) in [6.45, 7) is 5.20. The summed E-state index contributed by atoms with van der Waals surface area (Å²) < 4.78 is 12.9. The fourth-order valence-electron chi connectivity index (χ4n) is 1.66. The van der Waals surface area contributed by atoms with Crippen LogP contribution in [-0.2, 0) is 0 Å². The van der Waals surface area contributed by atoms with Gasteiger partial charge < -0.3 is 5.32 Å². The molecule has 0 spiro atoms. The van der Waals surface area contributed by atoms with Gasteiger partial charge in [-0.25, -0.2) is 4.39 Å². The average molecular weight is 244 g/mol. The Morgan fingerprint density at radius 3 is 2.75 bits per heavy atom. The summed E-state index contributed by atoms with van der Waals surface area (Å²) in [6, 6.07) is 4.73. The first kappa shape index (κ1) is 13.5. The minimum absolute atomic E-state index is 0.171. The summed E-state index contributed by atoms with van der Waals surface area (Å²) in [5.74, 6) is -0.285. The lowest BCUT2D eigenvalue weighted by atomic mass is 10.1. The van der Waals surface area contributed by atoms with Crippen LogP contribution in [0.3, 0.4) is 0 Å². The highest BCUT2D eigenvalue weighted by molar-refractivity contribution is 6.31. The van der Waals surface area contributed by atoms with E-state index in [-0.39, 0.29) is 11.9 Å². The predicted octanol–water partition coefficient (Wildman–Crippen LogP) is 4.32. The van der Waals surface area contributed by atoms with Gasteiger partial charge in [0, 0.05) is 11.1 Å². The Labute approximate surface area is 102 Å². The van der Waals surface area contributed by atoms with Gasteiger partial charge in [0.05, 0.1) is 0 Å². The van der Waals surface area contributed by atoms with Crippen LogP contribution in [0.15, 0.2) is 18.2 Å². The van der Waals surface area contributed by atoms with Crippen LogP contribution in [0, 0.1) is 5.82 Å². The summed E-state index contributed by atoms with van der Waals surface area (Å²) in [5.41, 5.74) is 0.958. The molecule has 1 rings (SSSR count). The maximum atomic E-state index is 12.9. The molecule has 1 aromatic rings. The molecule has 0 saturated carbocycles. The molecule has 0 aliphatic heterocycles. The first-order chi connectivity index (χ1) is 7.65. The zero-order chi connectivity index (χ0) is 12.0. The van der Waals surface area contributed by atoms with Gasteiger partial charge in [0.15, 0.2) is 0 Å². The molecule has 16 heavy (non-hydrogen) atoms. The number of benzene rings is 1. The number of hydrogen-bond acceptors (Lipinski definition) is 1. The van der Waals surface area contributed by atoms with Crippen LogP contribution in [0.5, 0.6) is 0 Å². The van der Waals surface area contributed by atoms with Gasteiger partial charge in [-0.15, -0.1) is 0 Å². The van der Waals surface area contributed by atoms with Gasteiger partial charge in [-0.05, 0) is 37.6 Å². The summed E-state index contributed by atoms with van der Waals surface area (Å²) in [5, 5.41) is 3.88. The second kappa shape index (κ2) is 6.87. The molecular formula is C13H19ClFN. The lowest BCUT2D eigenvalue weighted by molar-refractivity contribution is 0.542. The highest BCUT2D eigenvalue weighted by Gasteiger charge is 2.09. The zero-order valence-corrected chi connectivity index (χ0v) is 10.6. The van der Waals surface area contributed by atoms with Crippen molar-refractivity contribution in [2.45, 2.75) is 39.2 Å². The summed E-state index contributed by atoms with van der Waals surface area (Å²) in [7, 11) is 0. The lowest BCUT2D eigenvalue weighted by Gasteiger charge is -2.15. The van der Waals surface area contributed by atoms with E-state index in [1.165, 1.54) is 31.4 Å².